The number of para-hydroxylation sites is 1. The van der Waals surface area contributed by atoms with Gasteiger partial charge in [0.25, 0.3) is 0 Å². The van der Waals surface area contributed by atoms with Crippen molar-refractivity contribution in [1.82, 2.24) is 4.98 Å². The van der Waals surface area contributed by atoms with E-state index >= 15 is 0 Å². The minimum atomic E-state index is 0.368. The summed E-state index contributed by atoms with van der Waals surface area (Å²) in [7, 11) is 0. The minimum absolute atomic E-state index is 0.368. The van der Waals surface area contributed by atoms with Gasteiger partial charge in [-0.2, -0.15) is 0 Å². The van der Waals surface area contributed by atoms with Gasteiger partial charge in [-0.05, 0) is 36.0 Å². The molecule has 2 nitrogen and oxygen atoms in total. The first-order chi connectivity index (χ1) is 9.59. The average Bonchev–Trinajstić information content (AvgIpc) is 2.45. The van der Waals surface area contributed by atoms with E-state index < -0.39 is 0 Å². The molecule has 0 spiro atoms. The summed E-state index contributed by atoms with van der Waals surface area (Å²) < 4.78 is 0. The standard InChI is InChI=1S/C17H21ClN2/c1-17(2)8-5-9-20(12-17)16-10-13(11-18)14-6-3-4-7-15(14)19-16/h3-4,6-7,10H,5,8-9,11-12H2,1-2H3. The van der Waals surface area contributed by atoms with E-state index in [9.17, 15) is 0 Å². The third-order valence-corrected chi connectivity index (χ3v) is 4.44. The number of nitrogens with zero attached hydrogens (tertiary/aromatic N) is 2. The first kappa shape index (κ1) is 13.7. The van der Waals surface area contributed by atoms with Crippen molar-refractivity contribution in [1.29, 1.82) is 0 Å². The summed E-state index contributed by atoms with van der Waals surface area (Å²) >= 11 is 6.13. The summed E-state index contributed by atoms with van der Waals surface area (Å²) in [6, 6.07) is 10.4. The lowest BCUT2D eigenvalue weighted by Crippen LogP contribution is -2.40. The number of rotatable bonds is 2. The van der Waals surface area contributed by atoms with Gasteiger partial charge in [-0.3, -0.25) is 0 Å². The van der Waals surface area contributed by atoms with Crippen LogP contribution in [0, 0.1) is 5.41 Å². The van der Waals surface area contributed by atoms with E-state index in [1.54, 1.807) is 0 Å². The fourth-order valence-corrected chi connectivity index (χ4v) is 3.34. The molecule has 0 radical (unpaired) electrons. The summed E-state index contributed by atoms with van der Waals surface area (Å²) in [5.41, 5.74) is 2.59. The number of alkyl halides is 1. The van der Waals surface area contributed by atoms with E-state index in [0.717, 1.165) is 24.4 Å². The van der Waals surface area contributed by atoms with Gasteiger partial charge >= 0.3 is 0 Å². The lowest BCUT2D eigenvalue weighted by atomic mass is 9.84. The number of aromatic nitrogens is 1. The first-order valence-electron chi connectivity index (χ1n) is 7.29. The molecule has 0 amide bonds. The van der Waals surface area contributed by atoms with Gasteiger partial charge in [0.15, 0.2) is 0 Å². The Balaban J connectivity index is 2.03. The number of fused-ring (bicyclic) bond motifs is 1. The molecule has 20 heavy (non-hydrogen) atoms. The smallest absolute Gasteiger partial charge is 0.129 e. The summed E-state index contributed by atoms with van der Waals surface area (Å²) in [5.74, 6) is 1.61. The predicted molar refractivity (Wildman–Crippen MR) is 86.5 cm³/mol. The fraction of sp³-hybridized carbons (Fsp3) is 0.471. The van der Waals surface area contributed by atoms with Crippen LogP contribution in [0.5, 0.6) is 0 Å². The third-order valence-electron chi connectivity index (χ3n) is 4.16. The highest BCUT2D eigenvalue weighted by atomic mass is 35.5. The highest BCUT2D eigenvalue weighted by Gasteiger charge is 2.27. The van der Waals surface area contributed by atoms with Gasteiger partial charge in [-0.25, -0.2) is 4.98 Å². The highest BCUT2D eigenvalue weighted by molar-refractivity contribution is 6.18. The maximum absolute atomic E-state index is 6.13. The number of halogens is 1. The summed E-state index contributed by atoms with van der Waals surface area (Å²) in [6.07, 6.45) is 2.52. The number of benzene rings is 1. The largest absolute Gasteiger partial charge is 0.356 e. The molecular formula is C17H21ClN2. The summed E-state index contributed by atoms with van der Waals surface area (Å²) in [6.45, 7) is 6.84. The van der Waals surface area contributed by atoms with E-state index in [1.165, 1.54) is 23.8 Å². The van der Waals surface area contributed by atoms with Gasteiger partial charge in [0.2, 0.25) is 0 Å². The van der Waals surface area contributed by atoms with Gasteiger partial charge in [0, 0.05) is 24.4 Å². The highest BCUT2D eigenvalue weighted by Crippen LogP contribution is 2.32. The van der Waals surface area contributed by atoms with Crippen molar-refractivity contribution in [3.05, 3.63) is 35.9 Å². The van der Waals surface area contributed by atoms with Gasteiger partial charge < -0.3 is 4.90 Å². The van der Waals surface area contributed by atoms with E-state index in [-0.39, 0.29) is 0 Å². The molecule has 1 aromatic heterocycles. The molecule has 2 aromatic rings. The Bertz CT molecular complexity index is 621. The molecule has 3 rings (SSSR count). The van der Waals surface area contributed by atoms with E-state index in [1.807, 2.05) is 12.1 Å². The van der Waals surface area contributed by atoms with Crippen LogP contribution in [0.4, 0.5) is 5.82 Å². The first-order valence-corrected chi connectivity index (χ1v) is 7.82. The Morgan fingerprint density at radius 3 is 2.85 bits per heavy atom. The lowest BCUT2D eigenvalue weighted by Gasteiger charge is -2.39. The van der Waals surface area contributed by atoms with Crippen molar-refractivity contribution in [2.45, 2.75) is 32.6 Å². The zero-order chi connectivity index (χ0) is 14.2. The van der Waals surface area contributed by atoms with Crippen LogP contribution >= 0.6 is 11.6 Å². The predicted octanol–water partition coefficient (Wildman–Crippen LogP) is 4.60. The number of hydrogen-bond donors (Lipinski definition) is 0. The maximum atomic E-state index is 6.13. The molecular weight excluding hydrogens is 268 g/mol. The Morgan fingerprint density at radius 2 is 2.10 bits per heavy atom. The Labute approximate surface area is 125 Å². The molecule has 1 fully saturated rings. The van der Waals surface area contributed by atoms with Crippen molar-refractivity contribution in [2.75, 3.05) is 18.0 Å². The molecule has 1 aromatic carbocycles. The number of hydrogen-bond acceptors (Lipinski definition) is 2. The topological polar surface area (TPSA) is 16.1 Å². The summed E-state index contributed by atoms with van der Waals surface area (Å²) in [4.78, 5) is 7.25. The van der Waals surface area contributed by atoms with E-state index in [4.69, 9.17) is 16.6 Å². The Hall–Kier alpha value is -1.28. The second kappa shape index (κ2) is 5.25. The monoisotopic (exact) mass is 288 g/mol. The molecule has 2 heterocycles. The van der Waals surface area contributed by atoms with Crippen molar-refractivity contribution in [3.63, 3.8) is 0 Å². The normalized spacial score (nSPS) is 18.4. The number of pyridine rings is 1. The van der Waals surface area contributed by atoms with Crippen molar-refractivity contribution >= 4 is 28.3 Å². The zero-order valence-electron chi connectivity index (χ0n) is 12.2. The maximum Gasteiger partial charge on any atom is 0.129 e. The van der Waals surface area contributed by atoms with Crippen LogP contribution in [0.15, 0.2) is 30.3 Å². The molecule has 0 aliphatic carbocycles. The van der Waals surface area contributed by atoms with Crippen LogP contribution in [0.2, 0.25) is 0 Å². The number of anilines is 1. The quantitative estimate of drug-likeness (QED) is 0.751. The van der Waals surface area contributed by atoms with Crippen LogP contribution in [-0.4, -0.2) is 18.1 Å². The molecule has 1 aliphatic rings. The van der Waals surface area contributed by atoms with Gasteiger partial charge in [0.1, 0.15) is 5.82 Å². The summed E-state index contributed by atoms with van der Waals surface area (Å²) in [5, 5.41) is 1.17. The average molecular weight is 289 g/mol. The van der Waals surface area contributed by atoms with E-state index in [0.29, 0.717) is 11.3 Å². The van der Waals surface area contributed by atoms with Crippen molar-refractivity contribution in [3.8, 4) is 0 Å². The molecule has 0 saturated carbocycles. The molecule has 1 aliphatic heterocycles. The minimum Gasteiger partial charge on any atom is -0.356 e. The Kier molecular flexibility index (Phi) is 3.59. The molecule has 3 heteroatoms. The van der Waals surface area contributed by atoms with Gasteiger partial charge in [-0.1, -0.05) is 32.0 Å². The second-order valence-electron chi connectivity index (χ2n) is 6.48. The second-order valence-corrected chi connectivity index (χ2v) is 6.75. The van der Waals surface area contributed by atoms with Crippen LogP contribution in [0.3, 0.4) is 0 Å². The Morgan fingerprint density at radius 1 is 1.30 bits per heavy atom. The number of piperidine rings is 1. The molecule has 0 atom stereocenters. The van der Waals surface area contributed by atoms with Gasteiger partial charge in [0.05, 0.1) is 5.52 Å². The molecule has 1 saturated heterocycles. The molecule has 106 valence electrons. The molecule has 0 unspecified atom stereocenters. The lowest BCUT2D eigenvalue weighted by molar-refractivity contribution is 0.292. The molecule has 0 bridgehead atoms. The van der Waals surface area contributed by atoms with Gasteiger partial charge in [-0.15, -0.1) is 11.6 Å². The SMILES string of the molecule is CC1(C)CCCN(c2cc(CCl)c3ccccc3n2)C1. The van der Waals surface area contributed by atoms with Crippen molar-refractivity contribution < 1.29 is 0 Å². The fourth-order valence-electron chi connectivity index (χ4n) is 3.12. The zero-order valence-corrected chi connectivity index (χ0v) is 13.0. The van der Waals surface area contributed by atoms with E-state index in [2.05, 4.69) is 36.9 Å². The van der Waals surface area contributed by atoms with Crippen LogP contribution in [0.25, 0.3) is 10.9 Å². The molecule has 0 N–H and O–H groups in total. The van der Waals surface area contributed by atoms with Crippen molar-refractivity contribution in [2.24, 2.45) is 5.41 Å². The van der Waals surface area contributed by atoms with Crippen LogP contribution in [0.1, 0.15) is 32.3 Å². The van der Waals surface area contributed by atoms with Crippen LogP contribution in [-0.2, 0) is 5.88 Å². The third kappa shape index (κ3) is 2.62. The van der Waals surface area contributed by atoms with Crippen LogP contribution < -0.4 is 4.90 Å².